The second-order valence-corrected chi connectivity index (χ2v) is 12.9. The fourth-order valence-electron chi connectivity index (χ4n) is 6.19. The molecule has 44 heavy (non-hydrogen) atoms. The predicted molar refractivity (Wildman–Crippen MR) is 178 cm³/mol. The molecule has 2 aromatic carbocycles. The number of methoxy groups -OCH3 is 1. The van der Waals surface area contributed by atoms with Crippen LogP contribution in [0.4, 0.5) is 0 Å². The van der Waals surface area contributed by atoms with Crippen LogP contribution < -0.4 is 5.32 Å². The monoisotopic (exact) mass is 628 g/mol. The number of benzene rings is 2. The summed E-state index contributed by atoms with van der Waals surface area (Å²) in [5.41, 5.74) is 4.44. The van der Waals surface area contributed by atoms with Gasteiger partial charge in [0.1, 0.15) is 6.04 Å². The largest absolute Gasteiger partial charge is 0.480 e. The van der Waals surface area contributed by atoms with Gasteiger partial charge >= 0.3 is 5.97 Å². The van der Waals surface area contributed by atoms with Crippen LogP contribution in [0.15, 0.2) is 42.5 Å². The summed E-state index contributed by atoms with van der Waals surface area (Å²) in [4.78, 5) is 27.7. The van der Waals surface area contributed by atoms with Gasteiger partial charge in [0.2, 0.25) is 0 Å². The van der Waals surface area contributed by atoms with Gasteiger partial charge < -0.3 is 25.0 Å². The maximum absolute atomic E-state index is 13.4. The Hall–Kier alpha value is -2.43. The molecule has 1 heterocycles. The number of carbonyl (C=O) groups is 2. The maximum Gasteiger partial charge on any atom is 0.326 e. The number of likely N-dealkylation sites (tertiary alicyclic amines) is 1. The number of aliphatic hydroxyl groups excluding tert-OH is 1. The van der Waals surface area contributed by atoms with Gasteiger partial charge in [-0.25, -0.2) is 4.79 Å². The van der Waals surface area contributed by atoms with Crippen molar-refractivity contribution in [1.29, 1.82) is 0 Å². The number of rotatable bonds is 14. The number of carbonyl (C=O) groups excluding carboxylic acids is 1. The third-order valence-corrected chi connectivity index (χ3v) is 9.15. The molecule has 1 saturated heterocycles. The summed E-state index contributed by atoms with van der Waals surface area (Å²) in [5.74, 6) is -0.0293. The van der Waals surface area contributed by atoms with Crippen molar-refractivity contribution in [3.05, 3.63) is 59.2 Å². The summed E-state index contributed by atoms with van der Waals surface area (Å²) in [6, 6.07) is 13.3. The van der Waals surface area contributed by atoms with E-state index in [4.69, 9.17) is 14.6 Å². The lowest BCUT2D eigenvalue weighted by Crippen LogP contribution is -2.41. The highest BCUT2D eigenvalue weighted by molar-refractivity contribution is 7.98. The van der Waals surface area contributed by atoms with E-state index < -0.39 is 12.0 Å². The minimum absolute atomic E-state index is 0.201. The minimum atomic E-state index is -1.01. The average molecular weight is 629 g/mol. The summed E-state index contributed by atoms with van der Waals surface area (Å²) in [7, 11) is 1.75. The first-order valence-corrected chi connectivity index (χ1v) is 17.4. The van der Waals surface area contributed by atoms with E-state index in [2.05, 4.69) is 16.3 Å². The Kier molecular flexibility index (Phi) is 15.7. The summed E-state index contributed by atoms with van der Waals surface area (Å²) >= 11 is 1.57. The summed E-state index contributed by atoms with van der Waals surface area (Å²) in [6.07, 6.45) is 10.0. The molecule has 2 aromatic rings. The second kappa shape index (κ2) is 19.2. The maximum atomic E-state index is 13.4. The minimum Gasteiger partial charge on any atom is -0.480 e. The zero-order valence-electron chi connectivity index (χ0n) is 26.9. The van der Waals surface area contributed by atoms with Crippen molar-refractivity contribution in [2.75, 3.05) is 45.5 Å². The van der Waals surface area contributed by atoms with Crippen molar-refractivity contribution in [3.8, 4) is 11.1 Å². The molecule has 8 nitrogen and oxygen atoms in total. The van der Waals surface area contributed by atoms with Crippen molar-refractivity contribution in [3.63, 3.8) is 0 Å². The van der Waals surface area contributed by atoms with E-state index in [1.807, 2.05) is 49.6 Å². The Bertz CT molecular complexity index is 1170. The summed E-state index contributed by atoms with van der Waals surface area (Å²) in [6.45, 7) is 7.06. The van der Waals surface area contributed by atoms with Crippen LogP contribution in [0, 0.1) is 12.8 Å². The van der Waals surface area contributed by atoms with Crippen LogP contribution in [0.2, 0.25) is 0 Å². The molecule has 244 valence electrons. The lowest BCUT2D eigenvalue weighted by molar-refractivity contribution is -0.139. The van der Waals surface area contributed by atoms with Crippen molar-refractivity contribution in [2.45, 2.75) is 83.5 Å². The van der Waals surface area contributed by atoms with Crippen molar-refractivity contribution in [2.24, 2.45) is 5.92 Å². The molecule has 0 aromatic heterocycles. The molecular formula is C35H52N2O6S. The van der Waals surface area contributed by atoms with Gasteiger partial charge in [0, 0.05) is 45.0 Å². The van der Waals surface area contributed by atoms with Crippen molar-refractivity contribution in [1.82, 2.24) is 10.2 Å². The van der Waals surface area contributed by atoms with Gasteiger partial charge in [0.05, 0.1) is 12.7 Å². The van der Waals surface area contributed by atoms with E-state index in [0.29, 0.717) is 30.3 Å². The molecule has 0 spiro atoms. The van der Waals surface area contributed by atoms with Crippen LogP contribution in [0.3, 0.4) is 0 Å². The molecule has 1 amide bonds. The van der Waals surface area contributed by atoms with E-state index in [-0.39, 0.29) is 24.7 Å². The van der Waals surface area contributed by atoms with Crippen molar-refractivity contribution < 1.29 is 29.3 Å². The van der Waals surface area contributed by atoms with E-state index in [9.17, 15) is 14.7 Å². The quantitative estimate of drug-likeness (QED) is 0.242. The fraction of sp³-hybridized carbons (Fsp3) is 0.600. The number of aliphatic hydroxyl groups is 1. The molecule has 0 bridgehead atoms. The van der Waals surface area contributed by atoms with E-state index in [1.54, 1.807) is 25.8 Å². The second-order valence-electron chi connectivity index (χ2n) is 11.9. The lowest BCUT2D eigenvalue weighted by Gasteiger charge is -2.25. The van der Waals surface area contributed by atoms with Crippen LogP contribution >= 0.6 is 11.8 Å². The summed E-state index contributed by atoms with van der Waals surface area (Å²) in [5, 5.41) is 20.0. The lowest BCUT2D eigenvalue weighted by atomic mass is 9.90. The van der Waals surface area contributed by atoms with Crippen LogP contribution in [0.1, 0.15) is 73.4 Å². The normalized spacial score (nSPS) is 19.7. The number of thioether (sulfide) groups is 1. The number of aliphatic carboxylic acids is 1. The van der Waals surface area contributed by atoms with E-state index in [0.717, 1.165) is 48.4 Å². The van der Waals surface area contributed by atoms with Gasteiger partial charge in [-0.15, -0.1) is 0 Å². The highest BCUT2D eigenvalue weighted by atomic mass is 32.2. The van der Waals surface area contributed by atoms with Gasteiger partial charge in [-0.2, -0.15) is 11.8 Å². The molecule has 3 N–H and O–H groups in total. The molecule has 2 aliphatic rings. The molecule has 2 fully saturated rings. The Morgan fingerprint density at radius 2 is 1.82 bits per heavy atom. The van der Waals surface area contributed by atoms with Crippen molar-refractivity contribution >= 4 is 23.6 Å². The number of amides is 1. The number of hydrogen-bond acceptors (Lipinski definition) is 7. The number of hydrogen-bond donors (Lipinski definition) is 3. The standard InChI is InChI=1S/C33H46N2O5S.C2H6O/c1-23-9-7-8-12-28(23)30-17-25(13-14-29(30)32(36)34-31(33(37)38)15-16-41-3)19-35-20-27(18-26(35)22-39-2)40-21-24-10-5-4-6-11-24;1-2-3/h7-9,12-14,17,24,26-27,31H,4-6,10-11,15-16,18-22H2,1-3H3,(H,34,36)(H,37,38);3H,2H2,1H3. The smallest absolute Gasteiger partial charge is 0.326 e. The Morgan fingerprint density at radius 1 is 1.09 bits per heavy atom. The number of carboxylic acid groups (broad SMARTS) is 1. The number of ether oxygens (including phenoxy) is 2. The SMILES string of the molecule is CCO.COCC1CC(OCC2CCCCC2)CN1Cc1ccc(C(=O)NC(CCSC)C(=O)O)c(-c2ccccc2C)c1. The fourth-order valence-corrected chi connectivity index (χ4v) is 6.66. The zero-order chi connectivity index (χ0) is 31.9. The van der Waals surface area contributed by atoms with Crippen LogP contribution in [0.5, 0.6) is 0 Å². The topological polar surface area (TPSA) is 108 Å². The van der Waals surface area contributed by atoms with E-state index >= 15 is 0 Å². The Morgan fingerprint density at radius 3 is 2.48 bits per heavy atom. The third kappa shape index (κ3) is 10.9. The van der Waals surface area contributed by atoms with Crippen LogP contribution in [0.25, 0.3) is 11.1 Å². The number of nitrogens with zero attached hydrogens (tertiary/aromatic N) is 1. The average Bonchev–Trinajstić information content (AvgIpc) is 3.40. The van der Waals surface area contributed by atoms with Crippen LogP contribution in [-0.2, 0) is 20.8 Å². The van der Waals surface area contributed by atoms with Gasteiger partial charge in [-0.05, 0) is 91.8 Å². The Labute approximate surface area is 267 Å². The van der Waals surface area contributed by atoms with Gasteiger partial charge in [-0.1, -0.05) is 49.6 Å². The molecule has 1 saturated carbocycles. The number of carboxylic acids is 1. The van der Waals surface area contributed by atoms with Crippen LogP contribution in [-0.4, -0.2) is 90.7 Å². The molecule has 3 unspecified atom stereocenters. The third-order valence-electron chi connectivity index (χ3n) is 8.50. The first-order valence-electron chi connectivity index (χ1n) is 16.0. The van der Waals surface area contributed by atoms with E-state index in [1.165, 1.54) is 32.1 Å². The Balaban J connectivity index is 0.00000169. The molecule has 1 aliphatic heterocycles. The number of aryl methyl sites for hydroxylation is 1. The highest BCUT2D eigenvalue weighted by Crippen LogP contribution is 2.31. The predicted octanol–water partition coefficient (Wildman–Crippen LogP) is 5.78. The first-order chi connectivity index (χ1) is 21.3. The molecule has 1 aliphatic carbocycles. The molecule has 0 radical (unpaired) electrons. The molecule has 9 heteroatoms. The molecule has 4 rings (SSSR count). The zero-order valence-corrected chi connectivity index (χ0v) is 27.7. The highest BCUT2D eigenvalue weighted by Gasteiger charge is 2.33. The first kappa shape index (κ1) is 36.0. The molecule has 3 atom stereocenters. The summed E-state index contributed by atoms with van der Waals surface area (Å²) < 4.78 is 12.0. The number of nitrogens with one attached hydrogen (secondary N) is 1. The van der Waals surface area contributed by atoms with Gasteiger partial charge in [-0.3, -0.25) is 9.69 Å². The van der Waals surface area contributed by atoms with Gasteiger partial charge in [0.15, 0.2) is 0 Å². The molecular weight excluding hydrogens is 576 g/mol. The van der Waals surface area contributed by atoms with Gasteiger partial charge in [0.25, 0.3) is 5.91 Å².